The average Bonchev–Trinajstić information content (AvgIpc) is 2.97. The van der Waals surface area contributed by atoms with Crippen molar-refractivity contribution in [1.82, 2.24) is 5.32 Å². The van der Waals surface area contributed by atoms with E-state index < -0.39 is 5.97 Å². The minimum absolute atomic E-state index is 0.135. The van der Waals surface area contributed by atoms with E-state index in [1.807, 2.05) is 6.07 Å². The van der Waals surface area contributed by atoms with Gasteiger partial charge in [-0.25, -0.2) is 4.79 Å². The van der Waals surface area contributed by atoms with E-state index >= 15 is 0 Å². The standard InChI is InChI=1S/C17H23NO3/c1-2-17(10-5-6-11-17)16(21)18-12-9-13-7-3-4-8-14(13)15(19)20/h3-4,7-8H,2,5-6,9-12H2,1H3,(H,18,21)(H,19,20). The van der Waals surface area contributed by atoms with Crippen molar-refractivity contribution in [3.8, 4) is 0 Å². The molecule has 1 saturated carbocycles. The van der Waals surface area contributed by atoms with Crippen LogP contribution >= 0.6 is 0 Å². The van der Waals surface area contributed by atoms with Crippen LogP contribution in [-0.2, 0) is 11.2 Å². The number of carboxylic acids is 1. The first-order valence-corrected chi connectivity index (χ1v) is 7.68. The molecule has 1 amide bonds. The highest BCUT2D eigenvalue weighted by molar-refractivity contribution is 5.89. The highest BCUT2D eigenvalue weighted by Crippen LogP contribution is 2.41. The maximum Gasteiger partial charge on any atom is 0.335 e. The molecule has 0 aromatic heterocycles. The first-order valence-electron chi connectivity index (χ1n) is 7.68. The number of carbonyl (C=O) groups excluding carboxylic acids is 1. The van der Waals surface area contributed by atoms with Gasteiger partial charge in [0.2, 0.25) is 5.91 Å². The summed E-state index contributed by atoms with van der Waals surface area (Å²) >= 11 is 0. The summed E-state index contributed by atoms with van der Waals surface area (Å²) in [5.41, 5.74) is 0.895. The second-order valence-electron chi connectivity index (χ2n) is 5.81. The van der Waals surface area contributed by atoms with Gasteiger partial charge in [-0.1, -0.05) is 38.0 Å². The Kier molecular flexibility index (Phi) is 4.99. The Morgan fingerprint density at radius 2 is 1.90 bits per heavy atom. The van der Waals surface area contributed by atoms with Crippen LogP contribution in [0.4, 0.5) is 0 Å². The molecule has 1 aromatic carbocycles. The molecule has 0 bridgehead atoms. The van der Waals surface area contributed by atoms with E-state index in [1.54, 1.807) is 18.2 Å². The topological polar surface area (TPSA) is 66.4 Å². The fourth-order valence-electron chi connectivity index (χ4n) is 3.24. The third-order valence-corrected chi connectivity index (χ3v) is 4.65. The van der Waals surface area contributed by atoms with Crippen molar-refractivity contribution in [2.75, 3.05) is 6.54 Å². The lowest BCUT2D eigenvalue weighted by Crippen LogP contribution is -2.39. The number of carbonyl (C=O) groups is 2. The van der Waals surface area contributed by atoms with Crippen LogP contribution in [0.2, 0.25) is 0 Å². The van der Waals surface area contributed by atoms with E-state index in [4.69, 9.17) is 5.11 Å². The summed E-state index contributed by atoms with van der Waals surface area (Å²) in [6, 6.07) is 6.95. The van der Waals surface area contributed by atoms with Gasteiger partial charge in [-0.2, -0.15) is 0 Å². The molecule has 4 nitrogen and oxygen atoms in total. The first-order chi connectivity index (χ1) is 10.1. The Labute approximate surface area is 125 Å². The van der Waals surface area contributed by atoms with Gasteiger partial charge in [0.05, 0.1) is 5.56 Å². The number of benzene rings is 1. The lowest BCUT2D eigenvalue weighted by Gasteiger charge is -2.26. The number of aromatic carboxylic acids is 1. The van der Waals surface area contributed by atoms with Crippen LogP contribution in [0.25, 0.3) is 0 Å². The molecule has 1 aliphatic rings. The molecule has 0 radical (unpaired) electrons. The van der Waals surface area contributed by atoms with Crippen molar-refractivity contribution in [3.05, 3.63) is 35.4 Å². The fraction of sp³-hybridized carbons (Fsp3) is 0.529. The molecule has 1 aromatic rings. The summed E-state index contributed by atoms with van der Waals surface area (Å²) in [7, 11) is 0. The Morgan fingerprint density at radius 1 is 1.24 bits per heavy atom. The molecule has 0 spiro atoms. The summed E-state index contributed by atoms with van der Waals surface area (Å²) in [6.45, 7) is 2.56. The number of hydrogen-bond acceptors (Lipinski definition) is 2. The number of hydrogen-bond donors (Lipinski definition) is 2. The summed E-state index contributed by atoms with van der Waals surface area (Å²) in [5.74, 6) is -0.784. The van der Waals surface area contributed by atoms with E-state index in [9.17, 15) is 9.59 Å². The van der Waals surface area contributed by atoms with Crippen molar-refractivity contribution in [2.45, 2.75) is 45.4 Å². The van der Waals surface area contributed by atoms with E-state index in [-0.39, 0.29) is 11.3 Å². The number of amides is 1. The molecule has 4 heteroatoms. The maximum absolute atomic E-state index is 12.4. The lowest BCUT2D eigenvalue weighted by molar-refractivity contribution is -0.131. The summed E-state index contributed by atoms with van der Waals surface area (Å²) in [5, 5.41) is 12.1. The van der Waals surface area contributed by atoms with Gasteiger partial charge in [-0.3, -0.25) is 4.79 Å². The number of rotatable bonds is 6. The van der Waals surface area contributed by atoms with Crippen LogP contribution in [-0.4, -0.2) is 23.5 Å². The monoisotopic (exact) mass is 289 g/mol. The summed E-state index contributed by atoms with van der Waals surface area (Å²) < 4.78 is 0. The van der Waals surface area contributed by atoms with Crippen molar-refractivity contribution >= 4 is 11.9 Å². The first kappa shape index (κ1) is 15.5. The number of nitrogens with one attached hydrogen (secondary N) is 1. The van der Waals surface area contributed by atoms with Gasteiger partial charge in [-0.05, 0) is 37.3 Å². The summed E-state index contributed by atoms with van der Waals surface area (Å²) in [4.78, 5) is 23.5. The predicted octanol–water partition coefficient (Wildman–Crippen LogP) is 3.01. The molecule has 0 heterocycles. The molecule has 114 valence electrons. The van der Waals surface area contributed by atoms with Crippen LogP contribution in [0.3, 0.4) is 0 Å². The van der Waals surface area contributed by atoms with Crippen LogP contribution in [0, 0.1) is 5.41 Å². The number of carboxylic acid groups (broad SMARTS) is 1. The van der Waals surface area contributed by atoms with Crippen molar-refractivity contribution < 1.29 is 14.7 Å². The molecule has 0 aliphatic heterocycles. The largest absolute Gasteiger partial charge is 0.478 e. The van der Waals surface area contributed by atoms with Gasteiger partial charge in [0, 0.05) is 12.0 Å². The van der Waals surface area contributed by atoms with Gasteiger partial charge in [0.15, 0.2) is 0 Å². The maximum atomic E-state index is 12.4. The second-order valence-corrected chi connectivity index (χ2v) is 5.81. The molecule has 21 heavy (non-hydrogen) atoms. The zero-order valence-electron chi connectivity index (χ0n) is 12.5. The molecule has 2 N–H and O–H groups in total. The Hall–Kier alpha value is -1.84. The van der Waals surface area contributed by atoms with Crippen LogP contribution in [0.1, 0.15) is 54.9 Å². The van der Waals surface area contributed by atoms with Crippen molar-refractivity contribution in [3.63, 3.8) is 0 Å². The van der Waals surface area contributed by atoms with Crippen LogP contribution in [0.5, 0.6) is 0 Å². The zero-order valence-corrected chi connectivity index (χ0v) is 12.5. The molecule has 0 saturated heterocycles. The third kappa shape index (κ3) is 3.43. The Balaban J connectivity index is 1.93. The normalized spacial score (nSPS) is 16.6. The fourth-order valence-corrected chi connectivity index (χ4v) is 3.24. The third-order valence-electron chi connectivity index (χ3n) is 4.65. The highest BCUT2D eigenvalue weighted by Gasteiger charge is 2.38. The molecule has 2 rings (SSSR count). The molecule has 0 atom stereocenters. The van der Waals surface area contributed by atoms with Gasteiger partial charge in [-0.15, -0.1) is 0 Å². The smallest absolute Gasteiger partial charge is 0.335 e. The van der Waals surface area contributed by atoms with E-state index in [2.05, 4.69) is 12.2 Å². The average molecular weight is 289 g/mol. The predicted molar refractivity (Wildman–Crippen MR) is 81.3 cm³/mol. The summed E-state index contributed by atoms with van der Waals surface area (Å²) in [6.07, 6.45) is 5.63. The molecule has 1 fully saturated rings. The van der Waals surface area contributed by atoms with Crippen molar-refractivity contribution in [1.29, 1.82) is 0 Å². The van der Waals surface area contributed by atoms with Crippen LogP contribution in [0.15, 0.2) is 24.3 Å². The second kappa shape index (κ2) is 6.74. The van der Waals surface area contributed by atoms with Gasteiger partial charge in [0.1, 0.15) is 0 Å². The minimum Gasteiger partial charge on any atom is -0.478 e. The molecular weight excluding hydrogens is 266 g/mol. The molecule has 0 unspecified atom stereocenters. The minimum atomic E-state index is -0.919. The Morgan fingerprint density at radius 3 is 2.52 bits per heavy atom. The SMILES string of the molecule is CCC1(C(=O)NCCc2ccccc2C(=O)O)CCCC1. The van der Waals surface area contributed by atoms with Gasteiger partial charge >= 0.3 is 5.97 Å². The van der Waals surface area contributed by atoms with Crippen LogP contribution < -0.4 is 5.32 Å². The molecule has 1 aliphatic carbocycles. The van der Waals surface area contributed by atoms with E-state index in [0.717, 1.165) is 37.7 Å². The quantitative estimate of drug-likeness (QED) is 0.846. The van der Waals surface area contributed by atoms with Gasteiger partial charge in [0.25, 0.3) is 0 Å². The van der Waals surface area contributed by atoms with E-state index in [0.29, 0.717) is 18.5 Å². The Bertz CT molecular complexity index is 519. The lowest BCUT2D eigenvalue weighted by atomic mass is 9.82. The molecular formula is C17H23NO3. The highest BCUT2D eigenvalue weighted by atomic mass is 16.4. The van der Waals surface area contributed by atoms with Gasteiger partial charge < -0.3 is 10.4 Å². The zero-order chi connectivity index (χ0) is 15.3. The van der Waals surface area contributed by atoms with Crippen molar-refractivity contribution in [2.24, 2.45) is 5.41 Å². The van der Waals surface area contributed by atoms with E-state index in [1.165, 1.54) is 0 Å².